The second kappa shape index (κ2) is 6.91. The van der Waals surface area contributed by atoms with Crippen molar-refractivity contribution in [1.82, 2.24) is 5.32 Å². The normalized spacial score (nSPS) is 9.91. The number of carbonyl (C=O) groups excluding carboxylic acids is 1. The smallest absolute Gasteiger partial charge is 0.257 e. The predicted molar refractivity (Wildman–Crippen MR) is 89.5 cm³/mol. The number of amides is 1. The molecule has 0 spiro atoms. The summed E-state index contributed by atoms with van der Waals surface area (Å²) in [5, 5.41) is 15.2. The Bertz CT molecular complexity index is 716. The summed E-state index contributed by atoms with van der Waals surface area (Å²) < 4.78 is 5.08. The Hall–Kier alpha value is -2.60. The number of aromatic hydroxyl groups is 1. The van der Waals surface area contributed by atoms with Crippen molar-refractivity contribution < 1.29 is 14.6 Å². The minimum absolute atomic E-state index is 0.00768. The zero-order chi connectivity index (χ0) is 16.1. The van der Waals surface area contributed by atoms with Gasteiger partial charge >= 0.3 is 0 Å². The van der Waals surface area contributed by atoms with E-state index in [-0.39, 0.29) is 16.8 Å². The largest absolute Gasteiger partial charge is 0.506 e. The summed E-state index contributed by atoms with van der Waals surface area (Å²) in [5.74, 6) is 0.264. The third-order valence-electron chi connectivity index (χ3n) is 3.07. The van der Waals surface area contributed by atoms with Gasteiger partial charge in [0.1, 0.15) is 11.5 Å². The molecule has 0 unspecified atom stereocenters. The Kier molecular flexibility index (Phi) is 4.95. The molecule has 0 fully saturated rings. The summed E-state index contributed by atoms with van der Waals surface area (Å²) in [6.07, 6.45) is 0. The molecule has 0 aliphatic carbocycles. The first-order chi connectivity index (χ1) is 10.5. The van der Waals surface area contributed by atoms with Crippen LogP contribution >= 0.6 is 12.2 Å². The minimum Gasteiger partial charge on any atom is -0.506 e. The molecule has 0 atom stereocenters. The van der Waals surface area contributed by atoms with E-state index < -0.39 is 0 Å². The number of thiocarbonyl (C=S) groups is 1. The zero-order valence-electron chi connectivity index (χ0n) is 12.2. The molecule has 0 radical (unpaired) electrons. The van der Waals surface area contributed by atoms with Crippen molar-refractivity contribution in [2.45, 2.75) is 6.92 Å². The Morgan fingerprint density at radius 1 is 1.23 bits per heavy atom. The van der Waals surface area contributed by atoms with Crippen LogP contribution in [0.15, 0.2) is 42.5 Å². The average Bonchev–Trinajstić information content (AvgIpc) is 2.49. The SMILES string of the molecule is COc1ccc(O)c(NC(=S)NC(=O)c2ccccc2C)c1. The van der Waals surface area contributed by atoms with E-state index >= 15 is 0 Å². The van der Waals surface area contributed by atoms with Gasteiger partial charge in [0.2, 0.25) is 0 Å². The Labute approximate surface area is 133 Å². The monoisotopic (exact) mass is 316 g/mol. The van der Waals surface area contributed by atoms with Crippen LogP contribution in [-0.4, -0.2) is 23.2 Å². The molecular formula is C16H16N2O3S. The van der Waals surface area contributed by atoms with Crippen LogP contribution in [0.5, 0.6) is 11.5 Å². The summed E-state index contributed by atoms with van der Waals surface area (Å²) in [6, 6.07) is 11.9. The standard InChI is InChI=1S/C16H16N2O3S/c1-10-5-3-4-6-12(10)15(20)18-16(22)17-13-9-11(21-2)7-8-14(13)19/h3-9,19H,1-2H3,(H2,17,18,20,22). The van der Waals surface area contributed by atoms with E-state index in [4.69, 9.17) is 17.0 Å². The van der Waals surface area contributed by atoms with Gasteiger partial charge in [-0.2, -0.15) is 0 Å². The van der Waals surface area contributed by atoms with Gasteiger partial charge in [-0.05, 0) is 42.9 Å². The molecular weight excluding hydrogens is 300 g/mol. The number of rotatable bonds is 3. The lowest BCUT2D eigenvalue weighted by molar-refractivity contribution is 0.0977. The van der Waals surface area contributed by atoms with Gasteiger partial charge in [-0.3, -0.25) is 10.1 Å². The predicted octanol–water partition coefficient (Wildman–Crippen LogP) is 2.84. The van der Waals surface area contributed by atoms with Gasteiger partial charge in [0, 0.05) is 11.6 Å². The lowest BCUT2D eigenvalue weighted by atomic mass is 10.1. The number of hydrogen-bond acceptors (Lipinski definition) is 4. The molecule has 2 aromatic carbocycles. The highest BCUT2D eigenvalue weighted by atomic mass is 32.1. The number of phenolic OH excluding ortho intramolecular Hbond substituents is 1. The van der Waals surface area contributed by atoms with Crippen molar-refractivity contribution in [2.24, 2.45) is 0 Å². The molecule has 2 rings (SSSR count). The summed E-state index contributed by atoms with van der Waals surface area (Å²) in [5.41, 5.74) is 1.75. The second-order valence-electron chi connectivity index (χ2n) is 4.61. The van der Waals surface area contributed by atoms with E-state index in [0.29, 0.717) is 17.0 Å². The number of ether oxygens (including phenoxy) is 1. The quantitative estimate of drug-likeness (QED) is 0.600. The van der Waals surface area contributed by atoms with E-state index in [2.05, 4.69) is 10.6 Å². The molecule has 1 amide bonds. The first-order valence-electron chi connectivity index (χ1n) is 6.56. The van der Waals surface area contributed by atoms with E-state index in [1.165, 1.54) is 13.2 Å². The molecule has 0 heterocycles. The number of anilines is 1. The number of carbonyl (C=O) groups is 1. The fraction of sp³-hybridized carbons (Fsp3) is 0.125. The Balaban J connectivity index is 2.07. The molecule has 2 aromatic rings. The van der Waals surface area contributed by atoms with Crippen molar-refractivity contribution in [2.75, 3.05) is 12.4 Å². The highest BCUT2D eigenvalue weighted by Gasteiger charge is 2.11. The summed E-state index contributed by atoms with van der Waals surface area (Å²) in [4.78, 5) is 12.1. The van der Waals surface area contributed by atoms with Gasteiger partial charge in [0.25, 0.3) is 5.91 Å². The average molecular weight is 316 g/mol. The lowest BCUT2D eigenvalue weighted by Gasteiger charge is -2.12. The van der Waals surface area contributed by atoms with E-state index in [1.54, 1.807) is 24.3 Å². The topological polar surface area (TPSA) is 70.6 Å². The molecule has 6 heteroatoms. The Morgan fingerprint density at radius 3 is 2.64 bits per heavy atom. The fourth-order valence-electron chi connectivity index (χ4n) is 1.89. The second-order valence-corrected chi connectivity index (χ2v) is 5.01. The molecule has 0 aliphatic rings. The first-order valence-corrected chi connectivity index (χ1v) is 6.97. The van der Waals surface area contributed by atoms with Gasteiger partial charge < -0.3 is 15.2 Å². The molecule has 5 nitrogen and oxygen atoms in total. The van der Waals surface area contributed by atoms with Gasteiger partial charge in [0.15, 0.2) is 5.11 Å². The van der Waals surface area contributed by atoms with Crippen LogP contribution in [0.1, 0.15) is 15.9 Å². The number of aryl methyl sites for hydroxylation is 1. The summed E-state index contributed by atoms with van der Waals surface area (Å²) >= 11 is 5.10. The van der Waals surface area contributed by atoms with Gasteiger partial charge in [-0.15, -0.1) is 0 Å². The van der Waals surface area contributed by atoms with Crippen LogP contribution in [0, 0.1) is 6.92 Å². The summed E-state index contributed by atoms with van der Waals surface area (Å²) in [6.45, 7) is 1.85. The maximum atomic E-state index is 12.1. The number of nitrogens with one attached hydrogen (secondary N) is 2. The molecule has 0 aromatic heterocycles. The molecule has 0 saturated heterocycles. The van der Waals surface area contributed by atoms with E-state index in [1.807, 2.05) is 19.1 Å². The van der Waals surface area contributed by atoms with Crippen LogP contribution < -0.4 is 15.4 Å². The molecule has 0 aliphatic heterocycles. The van der Waals surface area contributed by atoms with Crippen molar-refractivity contribution >= 4 is 28.9 Å². The van der Waals surface area contributed by atoms with Crippen LogP contribution in [0.25, 0.3) is 0 Å². The Morgan fingerprint density at radius 2 is 1.95 bits per heavy atom. The molecule has 114 valence electrons. The van der Waals surface area contributed by atoms with Crippen molar-refractivity contribution in [3.05, 3.63) is 53.6 Å². The van der Waals surface area contributed by atoms with E-state index in [9.17, 15) is 9.90 Å². The summed E-state index contributed by atoms with van der Waals surface area (Å²) in [7, 11) is 1.52. The van der Waals surface area contributed by atoms with Gasteiger partial charge in [-0.25, -0.2) is 0 Å². The first kappa shape index (κ1) is 15.8. The third-order valence-corrected chi connectivity index (χ3v) is 3.27. The van der Waals surface area contributed by atoms with Crippen LogP contribution in [0.3, 0.4) is 0 Å². The molecule has 0 bridgehead atoms. The maximum Gasteiger partial charge on any atom is 0.257 e. The third kappa shape index (κ3) is 3.73. The van der Waals surface area contributed by atoms with Crippen molar-refractivity contribution in [3.63, 3.8) is 0 Å². The lowest BCUT2D eigenvalue weighted by Crippen LogP contribution is -2.34. The van der Waals surface area contributed by atoms with Gasteiger partial charge in [-0.1, -0.05) is 18.2 Å². The van der Waals surface area contributed by atoms with Crippen molar-refractivity contribution in [3.8, 4) is 11.5 Å². The van der Waals surface area contributed by atoms with Crippen LogP contribution in [0.4, 0.5) is 5.69 Å². The number of phenols is 1. The number of hydrogen-bond donors (Lipinski definition) is 3. The highest BCUT2D eigenvalue weighted by Crippen LogP contribution is 2.27. The maximum absolute atomic E-state index is 12.1. The van der Waals surface area contributed by atoms with Crippen LogP contribution in [0.2, 0.25) is 0 Å². The van der Waals surface area contributed by atoms with Crippen molar-refractivity contribution in [1.29, 1.82) is 0 Å². The number of methoxy groups -OCH3 is 1. The van der Waals surface area contributed by atoms with Gasteiger partial charge in [0.05, 0.1) is 12.8 Å². The zero-order valence-corrected chi connectivity index (χ0v) is 13.0. The molecule has 3 N–H and O–H groups in total. The fourth-order valence-corrected chi connectivity index (χ4v) is 2.10. The van der Waals surface area contributed by atoms with E-state index in [0.717, 1.165) is 5.56 Å². The molecule has 22 heavy (non-hydrogen) atoms. The molecule has 0 saturated carbocycles. The number of benzene rings is 2. The minimum atomic E-state index is -0.307. The van der Waals surface area contributed by atoms with Crippen LogP contribution in [-0.2, 0) is 0 Å². The highest BCUT2D eigenvalue weighted by molar-refractivity contribution is 7.80.